The summed E-state index contributed by atoms with van der Waals surface area (Å²) in [5.41, 5.74) is 2.37. The monoisotopic (exact) mass is 288 g/mol. The van der Waals surface area contributed by atoms with Gasteiger partial charge in [0.15, 0.2) is 0 Å². The van der Waals surface area contributed by atoms with Crippen LogP contribution in [0.25, 0.3) is 5.52 Å². The van der Waals surface area contributed by atoms with Crippen LogP contribution in [0, 0.1) is 0 Å². The second-order valence-electron chi connectivity index (χ2n) is 5.41. The first kappa shape index (κ1) is 13.9. The molecule has 2 heterocycles. The third-order valence-corrected chi connectivity index (χ3v) is 3.80. The van der Waals surface area contributed by atoms with Crippen LogP contribution in [-0.2, 0) is 4.74 Å². The van der Waals surface area contributed by atoms with Gasteiger partial charge in [-0.2, -0.15) is 5.10 Å². The number of nitrogens with zero attached hydrogens (tertiary/aromatic N) is 2. The Morgan fingerprint density at radius 1 is 1.43 bits per heavy atom. The van der Waals surface area contributed by atoms with Crippen LogP contribution in [0.15, 0.2) is 18.3 Å². The van der Waals surface area contributed by atoms with Gasteiger partial charge in [-0.25, -0.2) is 9.31 Å². The van der Waals surface area contributed by atoms with Gasteiger partial charge in [0.1, 0.15) is 11.3 Å². The summed E-state index contributed by atoms with van der Waals surface area (Å²) in [6.07, 6.45) is 6.01. The summed E-state index contributed by atoms with van der Waals surface area (Å²) < 4.78 is 12.5. The highest BCUT2D eigenvalue weighted by Crippen LogP contribution is 2.44. The van der Waals surface area contributed by atoms with Gasteiger partial charge in [-0.05, 0) is 31.4 Å². The van der Waals surface area contributed by atoms with Crippen LogP contribution in [0.2, 0.25) is 0 Å². The van der Waals surface area contributed by atoms with Gasteiger partial charge in [0.25, 0.3) is 0 Å². The van der Waals surface area contributed by atoms with Crippen LogP contribution in [-0.4, -0.2) is 29.3 Å². The normalized spacial score (nSPS) is 14.4. The lowest BCUT2D eigenvalue weighted by molar-refractivity contribution is 0.0603. The summed E-state index contributed by atoms with van der Waals surface area (Å²) in [6, 6.07) is 3.83. The first-order valence-electron chi connectivity index (χ1n) is 7.48. The minimum absolute atomic E-state index is 0.355. The van der Waals surface area contributed by atoms with Crippen LogP contribution in [0.4, 0.5) is 0 Å². The Hall–Kier alpha value is -2.04. The van der Waals surface area contributed by atoms with E-state index in [2.05, 4.69) is 12.0 Å². The smallest absolute Gasteiger partial charge is 0.341 e. The maximum absolute atomic E-state index is 11.8. The molecule has 2 aromatic heterocycles. The molecule has 0 atom stereocenters. The molecule has 0 bridgehead atoms. The van der Waals surface area contributed by atoms with E-state index in [1.54, 1.807) is 6.20 Å². The third-order valence-electron chi connectivity index (χ3n) is 3.80. The number of aromatic nitrogens is 2. The van der Waals surface area contributed by atoms with Crippen molar-refractivity contribution in [3.8, 4) is 5.75 Å². The van der Waals surface area contributed by atoms with Crippen LogP contribution < -0.4 is 4.74 Å². The van der Waals surface area contributed by atoms with E-state index in [1.807, 2.05) is 16.6 Å². The Labute approximate surface area is 123 Å². The number of fused-ring (bicyclic) bond motifs is 1. The molecule has 5 nitrogen and oxygen atoms in total. The largest absolute Gasteiger partial charge is 0.492 e. The fourth-order valence-electron chi connectivity index (χ4n) is 2.50. The summed E-state index contributed by atoms with van der Waals surface area (Å²) >= 11 is 0. The summed E-state index contributed by atoms with van der Waals surface area (Å²) in [7, 11) is 1.38. The standard InChI is InChI=1S/C16H20N2O3/c1-3-4-9-21-14-8-7-13-12(16(19)20-2)10-17-18(13)15(14)11-5-6-11/h7-8,10-11H,3-6,9H2,1-2H3. The van der Waals surface area contributed by atoms with Gasteiger partial charge in [0.05, 0.1) is 31.1 Å². The molecule has 3 rings (SSSR count). The first-order valence-corrected chi connectivity index (χ1v) is 7.48. The van der Waals surface area contributed by atoms with Crippen molar-refractivity contribution < 1.29 is 14.3 Å². The van der Waals surface area contributed by atoms with E-state index >= 15 is 0 Å². The predicted molar refractivity (Wildman–Crippen MR) is 78.9 cm³/mol. The first-order chi connectivity index (χ1) is 10.3. The Morgan fingerprint density at radius 2 is 2.24 bits per heavy atom. The van der Waals surface area contributed by atoms with E-state index in [4.69, 9.17) is 9.47 Å². The number of methoxy groups -OCH3 is 1. The molecule has 21 heavy (non-hydrogen) atoms. The maximum Gasteiger partial charge on any atom is 0.341 e. The van der Waals surface area contributed by atoms with E-state index in [0.29, 0.717) is 18.1 Å². The molecule has 0 unspecified atom stereocenters. The van der Waals surface area contributed by atoms with E-state index in [9.17, 15) is 4.79 Å². The van der Waals surface area contributed by atoms with Crippen LogP contribution in [0.1, 0.15) is 54.6 Å². The molecule has 1 fully saturated rings. The molecule has 0 saturated heterocycles. The minimum atomic E-state index is -0.355. The Bertz CT molecular complexity index is 659. The zero-order valence-electron chi connectivity index (χ0n) is 12.5. The summed E-state index contributed by atoms with van der Waals surface area (Å²) in [5.74, 6) is 1.01. The molecule has 0 radical (unpaired) electrons. The van der Waals surface area contributed by atoms with Crippen LogP contribution >= 0.6 is 0 Å². The summed E-state index contributed by atoms with van der Waals surface area (Å²) in [4.78, 5) is 11.8. The van der Waals surface area contributed by atoms with Crippen LogP contribution in [0.5, 0.6) is 5.75 Å². The molecule has 1 aliphatic carbocycles. The molecule has 0 spiro atoms. The second-order valence-corrected chi connectivity index (χ2v) is 5.41. The Kier molecular flexibility index (Phi) is 3.82. The fourth-order valence-corrected chi connectivity index (χ4v) is 2.50. The molecule has 1 aliphatic rings. The number of unbranched alkanes of at least 4 members (excludes halogenated alkanes) is 1. The van der Waals surface area contributed by atoms with E-state index in [-0.39, 0.29) is 5.97 Å². The highest BCUT2D eigenvalue weighted by molar-refractivity contribution is 5.96. The summed E-state index contributed by atoms with van der Waals surface area (Å²) in [5, 5.41) is 4.37. The van der Waals surface area contributed by atoms with Gasteiger partial charge < -0.3 is 9.47 Å². The van der Waals surface area contributed by atoms with Gasteiger partial charge in [-0.1, -0.05) is 13.3 Å². The molecule has 5 heteroatoms. The molecule has 2 aromatic rings. The Morgan fingerprint density at radius 3 is 2.90 bits per heavy atom. The van der Waals surface area contributed by atoms with Crippen molar-refractivity contribution in [3.63, 3.8) is 0 Å². The van der Waals surface area contributed by atoms with Crippen molar-refractivity contribution in [2.75, 3.05) is 13.7 Å². The van der Waals surface area contributed by atoms with E-state index in [1.165, 1.54) is 7.11 Å². The number of hydrogen-bond acceptors (Lipinski definition) is 4. The van der Waals surface area contributed by atoms with Crippen molar-refractivity contribution >= 4 is 11.5 Å². The lowest BCUT2D eigenvalue weighted by atomic mass is 10.2. The van der Waals surface area contributed by atoms with Crippen molar-refractivity contribution in [1.29, 1.82) is 0 Å². The lowest BCUT2D eigenvalue weighted by Crippen LogP contribution is -2.06. The number of esters is 1. The van der Waals surface area contributed by atoms with E-state index < -0.39 is 0 Å². The molecule has 112 valence electrons. The van der Waals surface area contributed by atoms with Gasteiger partial charge in [0, 0.05) is 5.92 Å². The number of pyridine rings is 1. The zero-order valence-corrected chi connectivity index (χ0v) is 12.5. The number of ether oxygens (including phenoxy) is 2. The SMILES string of the molecule is CCCCOc1ccc2c(C(=O)OC)cnn2c1C1CC1. The lowest BCUT2D eigenvalue weighted by Gasteiger charge is -2.12. The number of rotatable bonds is 6. The van der Waals surface area contributed by atoms with Crippen LogP contribution in [0.3, 0.4) is 0 Å². The molecule has 1 saturated carbocycles. The molecular weight excluding hydrogens is 268 g/mol. The number of hydrogen-bond donors (Lipinski definition) is 0. The molecular formula is C16H20N2O3. The molecule has 0 aromatic carbocycles. The second kappa shape index (κ2) is 5.76. The third kappa shape index (κ3) is 2.60. The quantitative estimate of drug-likeness (QED) is 0.605. The Balaban J connectivity index is 2.02. The maximum atomic E-state index is 11.8. The minimum Gasteiger partial charge on any atom is -0.492 e. The zero-order chi connectivity index (χ0) is 14.8. The highest BCUT2D eigenvalue weighted by Gasteiger charge is 2.31. The topological polar surface area (TPSA) is 52.8 Å². The predicted octanol–water partition coefficient (Wildman–Crippen LogP) is 3.18. The van der Waals surface area contributed by atoms with Crippen molar-refractivity contribution in [1.82, 2.24) is 9.61 Å². The van der Waals surface area contributed by atoms with Gasteiger partial charge in [-0.15, -0.1) is 0 Å². The van der Waals surface area contributed by atoms with Crippen molar-refractivity contribution in [2.24, 2.45) is 0 Å². The summed E-state index contributed by atoms with van der Waals surface area (Å²) in [6.45, 7) is 2.86. The molecule has 0 amide bonds. The van der Waals surface area contributed by atoms with Crippen molar-refractivity contribution in [3.05, 3.63) is 29.6 Å². The highest BCUT2D eigenvalue weighted by atomic mass is 16.5. The van der Waals surface area contributed by atoms with Gasteiger partial charge >= 0.3 is 5.97 Å². The van der Waals surface area contributed by atoms with Gasteiger partial charge in [-0.3, -0.25) is 0 Å². The fraction of sp³-hybridized carbons (Fsp3) is 0.500. The number of carbonyl (C=O) groups excluding carboxylic acids is 1. The van der Waals surface area contributed by atoms with Gasteiger partial charge in [0.2, 0.25) is 0 Å². The average Bonchev–Trinajstić information content (AvgIpc) is 3.25. The van der Waals surface area contributed by atoms with E-state index in [0.717, 1.165) is 42.6 Å². The number of carbonyl (C=O) groups is 1. The average molecular weight is 288 g/mol. The molecule has 0 N–H and O–H groups in total. The molecule has 0 aliphatic heterocycles. The van der Waals surface area contributed by atoms with Crippen molar-refractivity contribution in [2.45, 2.75) is 38.5 Å².